The Hall–Kier alpha value is -2.90. The van der Waals surface area contributed by atoms with Gasteiger partial charge in [0.2, 0.25) is 5.91 Å². The van der Waals surface area contributed by atoms with Crippen molar-refractivity contribution in [3.63, 3.8) is 0 Å². The second-order valence-electron chi connectivity index (χ2n) is 6.20. The number of hydrogen-bond donors (Lipinski definition) is 1. The van der Waals surface area contributed by atoms with Gasteiger partial charge in [-0.15, -0.1) is 0 Å². The van der Waals surface area contributed by atoms with Crippen molar-refractivity contribution in [1.82, 2.24) is 4.90 Å². The lowest BCUT2D eigenvalue weighted by atomic mass is 10.1. The monoisotopic (exact) mass is 396 g/mol. The highest BCUT2D eigenvalue weighted by Gasteiger charge is 2.41. The fourth-order valence-electron chi connectivity index (χ4n) is 2.65. The molecule has 8 heteroatoms. The van der Waals surface area contributed by atoms with Gasteiger partial charge in [0.15, 0.2) is 0 Å². The number of benzene rings is 2. The van der Waals surface area contributed by atoms with Gasteiger partial charge in [-0.2, -0.15) is 13.2 Å². The highest BCUT2D eigenvalue weighted by atomic mass is 19.4. The van der Waals surface area contributed by atoms with E-state index < -0.39 is 12.1 Å². The zero-order valence-electron chi connectivity index (χ0n) is 15.2. The summed E-state index contributed by atoms with van der Waals surface area (Å²) in [6, 6.07) is 12.2. The third-order valence-corrected chi connectivity index (χ3v) is 4.03. The lowest BCUT2D eigenvalue weighted by molar-refractivity contribution is -0.185. The fraction of sp³-hybridized carbons (Fsp3) is 0.300. The maximum absolute atomic E-state index is 13.1. The van der Waals surface area contributed by atoms with Gasteiger partial charge in [-0.25, -0.2) is 4.39 Å². The summed E-state index contributed by atoms with van der Waals surface area (Å²) in [6.45, 7) is 1.14. The largest absolute Gasteiger partial charge is 0.471 e. The van der Waals surface area contributed by atoms with Gasteiger partial charge in [-0.1, -0.05) is 24.3 Å². The Morgan fingerprint density at radius 3 is 2.36 bits per heavy atom. The molecule has 2 rings (SSSR count). The Morgan fingerprint density at radius 1 is 1.04 bits per heavy atom. The van der Waals surface area contributed by atoms with Gasteiger partial charge < -0.3 is 10.2 Å². The van der Waals surface area contributed by atoms with E-state index in [2.05, 4.69) is 5.32 Å². The van der Waals surface area contributed by atoms with E-state index in [1.807, 2.05) is 0 Å². The number of nitrogens with zero attached hydrogens (tertiary/aromatic N) is 1. The molecule has 0 radical (unpaired) electrons. The van der Waals surface area contributed by atoms with Crippen LogP contribution >= 0.6 is 0 Å². The van der Waals surface area contributed by atoms with Crippen LogP contribution in [0.4, 0.5) is 23.2 Å². The number of anilines is 1. The third-order valence-electron chi connectivity index (χ3n) is 4.03. The number of carbonyl (C=O) groups excluding carboxylic acids is 2. The van der Waals surface area contributed by atoms with Crippen LogP contribution in [0.2, 0.25) is 0 Å². The molecule has 0 atom stereocenters. The highest BCUT2D eigenvalue weighted by molar-refractivity contribution is 5.91. The van der Waals surface area contributed by atoms with Gasteiger partial charge in [0.25, 0.3) is 0 Å². The summed E-state index contributed by atoms with van der Waals surface area (Å²) in [5.74, 6) is -2.58. The molecule has 0 aliphatic rings. The first-order valence-electron chi connectivity index (χ1n) is 8.68. The van der Waals surface area contributed by atoms with Crippen LogP contribution in [0.5, 0.6) is 0 Å². The molecule has 4 nitrogen and oxygen atoms in total. The van der Waals surface area contributed by atoms with Crippen molar-refractivity contribution in [2.45, 2.75) is 32.5 Å². The van der Waals surface area contributed by atoms with Crippen molar-refractivity contribution in [3.8, 4) is 0 Å². The Bertz CT molecular complexity index is 837. The standard InChI is InChI=1S/C20H20F4N2O2/c1-2-26(19(28)20(22,23)24)13-15-6-4-8-17(12-15)25-18(27)10-9-14-5-3-7-16(21)11-14/h3-8,11-12H,2,9-10,13H2,1H3,(H,25,27). The first-order chi connectivity index (χ1) is 13.2. The van der Waals surface area contributed by atoms with E-state index in [0.717, 1.165) is 0 Å². The molecule has 0 fully saturated rings. The summed E-state index contributed by atoms with van der Waals surface area (Å²) in [5.41, 5.74) is 1.56. The minimum Gasteiger partial charge on any atom is -0.331 e. The fourth-order valence-corrected chi connectivity index (χ4v) is 2.65. The molecule has 0 aromatic heterocycles. The molecule has 2 amide bonds. The summed E-state index contributed by atoms with van der Waals surface area (Å²) >= 11 is 0. The molecule has 28 heavy (non-hydrogen) atoms. The Labute approximate surface area is 160 Å². The molecule has 0 unspecified atom stereocenters. The minimum atomic E-state index is -4.93. The predicted octanol–water partition coefficient (Wildman–Crippen LogP) is 4.31. The van der Waals surface area contributed by atoms with Crippen molar-refractivity contribution in [3.05, 3.63) is 65.5 Å². The maximum atomic E-state index is 13.1. The van der Waals surface area contributed by atoms with Crippen molar-refractivity contribution >= 4 is 17.5 Å². The molecule has 1 N–H and O–H groups in total. The Balaban J connectivity index is 1.96. The van der Waals surface area contributed by atoms with Crippen molar-refractivity contribution in [2.24, 2.45) is 0 Å². The average Bonchev–Trinajstić information content (AvgIpc) is 2.63. The Kier molecular flexibility index (Phi) is 7.14. The van der Waals surface area contributed by atoms with Crippen LogP contribution in [0, 0.1) is 5.82 Å². The lowest BCUT2D eigenvalue weighted by Gasteiger charge is -2.22. The molecule has 150 valence electrons. The number of rotatable bonds is 7. The van der Waals surface area contributed by atoms with Gasteiger partial charge in [-0.05, 0) is 48.7 Å². The second-order valence-corrected chi connectivity index (χ2v) is 6.20. The topological polar surface area (TPSA) is 49.4 Å². The van der Waals surface area contributed by atoms with E-state index in [1.54, 1.807) is 30.3 Å². The lowest BCUT2D eigenvalue weighted by Crippen LogP contribution is -2.40. The van der Waals surface area contributed by atoms with Gasteiger partial charge in [0.1, 0.15) is 5.82 Å². The van der Waals surface area contributed by atoms with Gasteiger partial charge >= 0.3 is 12.1 Å². The number of halogens is 4. The quantitative estimate of drug-likeness (QED) is 0.709. The van der Waals surface area contributed by atoms with E-state index >= 15 is 0 Å². The first kappa shape index (κ1) is 21.4. The molecule has 0 saturated heterocycles. The number of alkyl halides is 3. The minimum absolute atomic E-state index is 0.0947. The van der Waals surface area contributed by atoms with Crippen LogP contribution in [-0.2, 0) is 22.6 Å². The zero-order chi connectivity index (χ0) is 20.7. The van der Waals surface area contributed by atoms with Crippen LogP contribution in [0.1, 0.15) is 24.5 Å². The summed E-state index contributed by atoms with van der Waals surface area (Å²) in [7, 11) is 0. The van der Waals surface area contributed by atoms with Crippen molar-refractivity contribution in [2.75, 3.05) is 11.9 Å². The number of nitrogens with one attached hydrogen (secondary N) is 1. The number of amides is 2. The third kappa shape index (κ3) is 6.37. The van der Waals surface area contributed by atoms with Crippen LogP contribution in [0.25, 0.3) is 0 Å². The molecular formula is C20H20F4N2O2. The number of carbonyl (C=O) groups is 2. The Morgan fingerprint density at radius 2 is 1.71 bits per heavy atom. The average molecular weight is 396 g/mol. The summed E-state index contributed by atoms with van der Waals surface area (Å²) in [6.07, 6.45) is -4.45. The van der Waals surface area contributed by atoms with E-state index in [0.29, 0.717) is 28.1 Å². The first-order valence-corrected chi connectivity index (χ1v) is 8.68. The van der Waals surface area contributed by atoms with E-state index in [9.17, 15) is 27.2 Å². The highest BCUT2D eigenvalue weighted by Crippen LogP contribution is 2.21. The number of aryl methyl sites for hydroxylation is 1. The molecular weight excluding hydrogens is 376 g/mol. The predicted molar refractivity (Wildman–Crippen MR) is 96.9 cm³/mol. The smallest absolute Gasteiger partial charge is 0.331 e. The zero-order valence-corrected chi connectivity index (χ0v) is 15.2. The molecule has 2 aromatic carbocycles. The molecule has 0 spiro atoms. The molecule has 0 aliphatic carbocycles. The van der Waals surface area contributed by atoms with Crippen LogP contribution < -0.4 is 5.32 Å². The van der Waals surface area contributed by atoms with Crippen LogP contribution in [-0.4, -0.2) is 29.4 Å². The normalized spacial score (nSPS) is 11.2. The second kappa shape index (κ2) is 9.34. The summed E-state index contributed by atoms with van der Waals surface area (Å²) in [5, 5.41) is 2.66. The molecule has 2 aromatic rings. The molecule has 0 heterocycles. The SMILES string of the molecule is CCN(Cc1cccc(NC(=O)CCc2cccc(F)c2)c1)C(=O)C(F)(F)F. The van der Waals surface area contributed by atoms with Gasteiger partial charge in [0.05, 0.1) is 0 Å². The molecule has 0 bridgehead atoms. The van der Waals surface area contributed by atoms with Crippen LogP contribution in [0.15, 0.2) is 48.5 Å². The van der Waals surface area contributed by atoms with Gasteiger partial charge in [0, 0.05) is 25.2 Å². The van der Waals surface area contributed by atoms with E-state index in [-0.39, 0.29) is 31.2 Å². The van der Waals surface area contributed by atoms with Crippen molar-refractivity contribution in [1.29, 1.82) is 0 Å². The summed E-state index contributed by atoms with van der Waals surface area (Å²) < 4.78 is 51.0. The van der Waals surface area contributed by atoms with Crippen LogP contribution in [0.3, 0.4) is 0 Å². The maximum Gasteiger partial charge on any atom is 0.471 e. The molecule has 0 aliphatic heterocycles. The van der Waals surface area contributed by atoms with E-state index in [4.69, 9.17) is 0 Å². The summed E-state index contributed by atoms with van der Waals surface area (Å²) in [4.78, 5) is 24.2. The number of hydrogen-bond acceptors (Lipinski definition) is 2. The van der Waals surface area contributed by atoms with Gasteiger partial charge in [-0.3, -0.25) is 9.59 Å². The molecule has 0 saturated carbocycles. The van der Waals surface area contributed by atoms with E-state index in [1.165, 1.54) is 25.1 Å². The van der Waals surface area contributed by atoms with Crippen molar-refractivity contribution < 1.29 is 27.2 Å².